The Balaban J connectivity index is 2.02. The zero-order valence-corrected chi connectivity index (χ0v) is 11.9. The molecule has 1 aliphatic heterocycles. The maximum Gasteiger partial charge on any atom is 0.195 e. The Morgan fingerprint density at radius 3 is 2.40 bits per heavy atom. The minimum Gasteiger partial charge on any atom is -0.371 e. The average molecular weight is 286 g/mol. The van der Waals surface area contributed by atoms with Crippen LogP contribution in [0.4, 0.5) is 5.69 Å². The number of halogens is 1. The van der Waals surface area contributed by atoms with Crippen molar-refractivity contribution in [2.45, 2.75) is 12.8 Å². The van der Waals surface area contributed by atoms with Gasteiger partial charge in [-0.3, -0.25) is 4.79 Å². The summed E-state index contributed by atoms with van der Waals surface area (Å²) in [6.45, 7) is 1.99. The van der Waals surface area contributed by atoms with E-state index in [2.05, 4.69) is 4.90 Å². The second-order valence-corrected chi connectivity index (χ2v) is 5.49. The highest BCUT2D eigenvalue weighted by molar-refractivity contribution is 6.31. The van der Waals surface area contributed by atoms with Crippen LogP contribution < -0.4 is 4.90 Å². The molecule has 1 fully saturated rings. The second-order valence-electron chi connectivity index (χ2n) is 5.05. The fraction of sp³-hybridized carbons (Fsp3) is 0.235. The van der Waals surface area contributed by atoms with Gasteiger partial charge in [-0.1, -0.05) is 41.9 Å². The molecule has 3 heteroatoms. The predicted molar refractivity (Wildman–Crippen MR) is 82.8 cm³/mol. The molecule has 102 valence electrons. The summed E-state index contributed by atoms with van der Waals surface area (Å²) in [7, 11) is 0. The van der Waals surface area contributed by atoms with Gasteiger partial charge in [0.15, 0.2) is 5.78 Å². The fourth-order valence-electron chi connectivity index (χ4n) is 2.66. The van der Waals surface area contributed by atoms with Crippen LogP contribution in [-0.2, 0) is 0 Å². The summed E-state index contributed by atoms with van der Waals surface area (Å²) in [4.78, 5) is 14.9. The molecule has 0 bridgehead atoms. The van der Waals surface area contributed by atoms with Crippen LogP contribution in [0.3, 0.4) is 0 Å². The zero-order valence-electron chi connectivity index (χ0n) is 11.2. The lowest BCUT2D eigenvalue weighted by Crippen LogP contribution is -2.20. The molecular formula is C17H16ClNO. The van der Waals surface area contributed by atoms with Crippen LogP contribution in [0.2, 0.25) is 5.02 Å². The quantitative estimate of drug-likeness (QED) is 0.789. The van der Waals surface area contributed by atoms with Crippen molar-refractivity contribution in [2.75, 3.05) is 18.0 Å². The maximum atomic E-state index is 12.7. The van der Waals surface area contributed by atoms with E-state index in [4.69, 9.17) is 11.6 Å². The Morgan fingerprint density at radius 1 is 1.00 bits per heavy atom. The second kappa shape index (κ2) is 5.68. The van der Waals surface area contributed by atoms with Gasteiger partial charge in [0.05, 0.1) is 0 Å². The van der Waals surface area contributed by atoms with Crippen LogP contribution in [0.1, 0.15) is 28.8 Å². The van der Waals surface area contributed by atoms with Crippen molar-refractivity contribution in [3.63, 3.8) is 0 Å². The number of carbonyl (C=O) groups excluding carboxylic acids is 1. The number of hydrogen-bond acceptors (Lipinski definition) is 2. The average Bonchev–Trinajstić information content (AvgIpc) is 3.01. The molecule has 0 N–H and O–H groups in total. The van der Waals surface area contributed by atoms with Gasteiger partial charge in [0.2, 0.25) is 0 Å². The van der Waals surface area contributed by atoms with Gasteiger partial charge in [-0.05, 0) is 31.0 Å². The number of benzene rings is 2. The highest BCUT2D eigenvalue weighted by Crippen LogP contribution is 2.29. The number of carbonyl (C=O) groups is 1. The maximum absolute atomic E-state index is 12.7. The van der Waals surface area contributed by atoms with Crippen molar-refractivity contribution in [3.8, 4) is 0 Å². The van der Waals surface area contributed by atoms with Crippen LogP contribution in [0.15, 0.2) is 48.5 Å². The standard InChI is InChI=1S/C17H16ClNO/c18-14-8-9-15(16(12-14)19-10-4-5-11-19)17(20)13-6-2-1-3-7-13/h1-3,6-9,12H,4-5,10-11H2. The third-order valence-corrected chi connectivity index (χ3v) is 3.92. The third kappa shape index (κ3) is 2.56. The Bertz CT molecular complexity index is 618. The summed E-state index contributed by atoms with van der Waals surface area (Å²) in [5.74, 6) is 0.0594. The molecule has 2 aromatic carbocycles. The molecule has 3 rings (SSSR count). The molecule has 2 aromatic rings. The summed E-state index contributed by atoms with van der Waals surface area (Å²) in [5, 5.41) is 0.677. The van der Waals surface area contributed by atoms with Gasteiger partial charge in [0, 0.05) is 34.9 Å². The minimum atomic E-state index is 0.0594. The number of anilines is 1. The highest BCUT2D eigenvalue weighted by atomic mass is 35.5. The molecule has 1 heterocycles. The first-order valence-corrected chi connectivity index (χ1v) is 7.28. The molecule has 2 nitrogen and oxygen atoms in total. The van der Waals surface area contributed by atoms with Crippen LogP contribution in [0.5, 0.6) is 0 Å². The normalized spacial score (nSPS) is 14.6. The van der Waals surface area contributed by atoms with Gasteiger partial charge in [0.25, 0.3) is 0 Å². The number of hydrogen-bond donors (Lipinski definition) is 0. The van der Waals surface area contributed by atoms with Gasteiger partial charge >= 0.3 is 0 Å². The van der Waals surface area contributed by atoms with Gasteiger partial charge in [-0.25, -0.2) is 0 Å². The predicted octanol–water partition coefficient (Wildman–Crippen LogP) is 4.17. The van der Waals surface area contributed by atoms with Crippen LogP contribution >= 0.6 is 11.6 Å². The molecule has 0 aromatic heterocycles. The Kier molecular flexibility index (Phi) is 3.75. The number of nitrogens with zero attached hydrogens (tertiary/aromatic N) is 1. The largest absolute Gasteiger partial charge is 0.371 e. The molecule has 0 spiro atoms. The molecule has 0 unspecified atom stereocenters. The van der Waals surface area contributed by atoms with E-state index in [1.54, 1.807) is 6.07 Å². The smallest absolute Gasteiger partial charge is 0.195 e. The Hall–Kier alpha value is -1.80. The lowest BCUT2D eigenvalue weighted by molar-refractivity contribution is 0.103. The summed E-state index contributed by atoms with van der Waals surface area (Å²) >= 11 is 6.11. The fourth-order valence-corrected chi connectivity index (χ4v) is 2.83. The van der Waals surface area contributed by atoms with E-state index in [1.165, 1.54) is 12.8 Å². The minimum absolute atomic E-state index is 0.0594. The highest BCUT2D eigenvalue weighted by Gasteiger charge is 2.20. The monoisotopic (exact) mass is 285 g/mol. The van der Waals surface area contributed by atoms with Crippen molar-refractivity contribution >= 4 is 23.1 Å². The Labute approximate surface area is 124 Å². The Morgan fingerprint density at radius 2 is 1.70 bits per heavy atom. The summed E-state index contributed by atoms with van der Waals surface area (Å²) in [5.41, 5.74) is 2.42. The first kappa shape index (κ1) is 13.2. The molecular weight excluding hydrogens is 270 g/mol. The van der Waals surface area contributed by atoms with E-state index in [9.17, 15) is 4.79 Å². The number of rotatable bonds is 3. The molecule has 0 aliphatic carbocycles. The molecule has 1 aliphatic rings. The van der Waals surface area contributed by atoms with Gasteiger partial charge in [0.1, 0.15) is 0 Å². The van der Waals surface area contributed by atoms with E-state index in [1.807, 2.05) is 42.5 Å². The first-order valence-electron chi connectivity index (χ1n) is 6.90. The third-order valence-electron chi connectivity index (χ3n) is 3.69. The molecule has 0 atom stereocenters. The van der Waals surface area contributed by atoms with E-state index < -0.39 is 0 Å². The van der Waals surface area contributed by atoms with Crippen molar-refractivity contribution in [1.82, 2.24) is 0 Å². The van der Waals surface area contributed by atoms with Crippen LogP contribution in [0, 0.1) is 0 Å². The van der Waals surface area contributed by atoms with E-state index in [0.29, 0.717) is 5.02 Å². The molecule has 20 heavy (non-hydrogen) atoms. The SMILES string of the molecule is O=C(c1ccccc1)c1ccc(Cl)cc1N1CCCC1. The van der Waals surface area contributed by atoms with E-state index >= 15 is 0 Å². The lowest BCUT2D eigenvalue weighted by Gasteiger charge is -2.21. The van der Waals surface area contributed by atoms with Gasteiger partial charge in [-0.2, -0.15) is 0 Å². The topological polar surface area (TPSA) is 20.3 Å². The summed E-state index contributed by atoms with van der Waals surface area (Å²) in [6, 6.07) is 14.9. The first-order chi connectivity index (χ1) is 9.75. The summed E-state index contributed by atoms with van der Waals surface area (Å²) < 4.78 is 0. The van der Waals surface area contributed by atoms with Crippen molar-refractivity contribution < 1.29 is 4.79 Å². The zero-order chi connectivity index (χ0) is 13.9. The van der Waals surface area contributed by atoms with E-state index in [-0.39, 0.29) is 5.78 Å². The molecule has 1 saturated heterocycles. The van der Waals surface area contributed by atoms with Crippen molar-refractivity contribution in [3.05, 3.63) is 64.7 Å². The molecule has 0 radical (unpaired) electrons. The van der Waals surface area contributed by atoms with Crippen LogP contribution in [-0.4, -0.2) is 18.9 Å². The van der Waals surface area contributed by atoms with E-state index in [0.717, 1.165) is 29.9 Å². The van der Waals surface area contributed by atoms with Crippen LogP contribution in [0.25, 0.3) is 0 Å². The molecule has 0 saturated carbocycles. The molecule has 0 amide bonds. The van der Waals surface area contributed by atoms with Crippen molar-refractivity contribution in [1.29, 1.82) is 0 Å². The number of ketones is 1. The van der Waals surface area contributed by atoms with Gasteiger partial charge in [-0.15, -0.1) is 0 Å². The van der Waals surface area contributed by atoms with Crippen molar-refractivity contribution in [2.24, 2.45) is 0 Å². The summed E-state index contributed by atoms with van der Waals surface area (Å²) in [6.07, 6.45) is 2.34. The lowest BCUT2D eigenvalue weighted by atomic mass is 10.0. The van der Waals surface area contributed by atoms with Gasteiger partial charge < -0.3 is 4.90 Å².